The normalized spacial score (nSPS) is 17.9. The highest BCUT2D eigenvalue weighted by molar-refractivity contribution is 5.61. The number of hydrogen-bond acceptors (Lipinski definition) is 4. The zero-order chi connectivity index (χ0) is 12.3. The predicted molar refractivity (Wildman–Crippen MR) is 69.3 cm³/mol. The minimum Gasteiger partial charge on any atom is -0.508 e. The topological polar surface area (TPSA) is 38.7 Å². The summed E-state index contributed by atoms with van der Waals surface area (Å²) in [6.07, 6.45) is 0. The van der Waals surface area contributed by atoms with Gasteiger partial charge in [0.1, 0.15) is 5.75 Å². The Balaban J connectivity index is 1.91. The predicted octanol–water partition coefficient (Wildman–Crippen LogP) is 1.11. The molecule has 1 aliphatic rings. The molecule has 1 heterocycles. The lowest BCUT2D eigenvalue weighted by atomic mass is 10.2. The zero-order valence-corrected chi connectivity index (χ0v) is 10.2. The molecule has 0 aliphatic carbocycles. The van der Waals surface area contributed by atoms with Crippen LogP contribution in [0.4, 0.5) is 0 Å². The van der Waals surface area contributed by atoms with Crippen LogP contribution in [-0.2, 0) is 0 Å². The highest BCUT2D eigenvalue weighted by atomic mass is 16.3. The Hall–Kier alpha value is -1.52. The average Bonchev–Trinajstić information content (AvgIpc) is 2.33. The summed E-state index contributed by atoms with van der Waals surface area (Å²) in [5.74, 6) is 0.279. The lowest BCUT2D eigenvalue weighted by molar-refractivity contribution is 0.127. The van der Waals surface area contributed by atoms with Crippen molar-refractivity contribution in [2.24, 2.45) is 0 Å². The molecular weight excluding hydrogens is 214 g/mol. The highest BCUT2D eigenvalue weighted by Crippen LogP contribution is 2.15. The second kappa shape index (κ2) is 5.21. The Kier molecular flexibility index (Phi) is 3.66. The Bertz CT molecular complexity index is 380. The number of phenols is 1. The fraction of sp³-hybridized carbons (Fsp3) is 0.385. The van der Waals surface area contributed by atoms with Gasteiger partial charge >= 0.3 is 0 Å². The van der Waals surface area contributed by atoms with Gasteiger partial charge in [-0.2, -0.15) is 0 Å². The van der Waals surface area contributed by atoms with Gasteiger partial charge in [0.15, 0.2) is 0 Å². The molecule has 4 nitrogen and oxygen atoms in total. The SMILES string of the molecule is C=C(NN1CCN(C)CC1)c1ccc(O)cc1. The number of benzene rings is 1. The maximum Gasteiger partial charge on any atom is 0.115 e. The molecule has 17 heavy (non-hydrogen) atoms. The molecule has 1 aromatic carbocycles. The van der Waals surface area contributed by atoms with Crippen molar-refractivity contribution in [1.29, 1.82) is 0 Å². The van der Waals surface area contributed by atoms with Crippen LogP contribution in [0.25, 0.3) is 5.70 Å². The van der Waals surface area contributed by atoms with Crippen molar-refractivity contribution >= 4 is 5.70 Å². The lowest BCUT2D eigenvalue weighted by Crippen LogP contribution is -2.49. The fourth-order valence-electron chi connectivity index (χ4n) is 1.84. The number of hydrazine groups is 1. The maximum absolute atomic E-state index is 9.22. The summed E-state index contributed by atoms with van der Waals surface area (Å²) in [6, 6.07) is 7.07. The van der Waals surface area contributed by atoms with E-state index in [0.29, 0.717) is 0 Å². The number of piperazine rings is 1. The van der Waals surface area contributed by atoms with Crippen molar-refractivity contribution in [2.75, 3.05) is 33.2 Å². The van der Waals surface area contributed by atoms with E-state index in [0.717, 1.165) is 37.4 Å². The Morgan fingerprint density at radius 3 is 2.35 bits per heavy atom. The van der Waals surface area contributed by atoms with E-state index < -0.39 is 0 Å². The molecule has 1 fully saturated rings. The van der Waals surface area contributed by atoms with Gasteiger partial charge in [-0.05, 0) is 36.9 Å². The molecule has 1 aromatic rings. The molecule has 1 saturated heterocycles. The van der Waals surface area contributed by atoms with Crippen LogP contribution in [0.15, 0.2) is 30.8 Å². The third kappa shape index (κ3) is 3.22. The summed E-state index contributed by atoms with van der Waals surface area (Å²) in [4.78, 5) is 2.31. The molecule has 0 radical (unpaired) electrons. The Morgan fingerprint density at radius 2 is 1.76 bits per heavy atom. The molecule has 0 spiro atoms. The largest absolute Gasteiger partial charge is 0.508 e. The van der Waals surface area contributed by atoms with Gasteiger partial charge in [0, 0.05) is 31.9 Å². The summed E-state index contributed by atoms with van der Waals surface area (Å²) in [5.41, 5.74) is 5.18. The quantitative estimate of drug-likeness (QED) is 0.820. The van der Waals surface area contributed by atoms with Crippen molar-refractivity contribution < 1.29 is 5.11 Å². The maximum atomic E-state index is 9.22. The van der Waals surface area contributed by atoms with Crippen LogP contribution in [0, 0.1) is 0 Å². The van der Waals surface area contributed by atoms with Crippen LogP contribution in [0.3, 0.4) is 0 Å². The third-order valence-corrected chi connectivity index (χ3v) is 3.01. The standard InChI is InChI=1S/C13H19N3O/c1-11(12-3-5-13(17)6-4-12)14-16-9-7-15(2)8-10-16/h3-6,14,17H,1,7-10H2,2H3. The van der Waals surface area contributed by atoms with E-state index in [9.17, 15) is 5.11 Å². The fourth-order valence-corrected chi connectivity index (χ4v) is 1.84. The zero-order valence-electron chi connectivity index (χ0n) is 10.2. The summed E-state index contributed by atoms with van der Waals surface area (Å²) in [6.45, 7) is 8.14. The van der Waals surface area contributed by atoms with E-state index in [1.807, 2.05) is 12.1 Å². The molecule has 0 aromatic heterocycles. The Labute approximate surface area is 102 Å². The minimum atomic E-state index is 0.279. The molecule has 0 bridgehead atoms. The van der Waals surface area contributed by atoms with E-state index in [4.69, 9.17) is 0 Å². The number of phenolic OH excluding ortho intramolecular Hbond substituents is 1. The van der Waals surface area contributed by atoms with Crippen molar-refractivity contribution in [2.45, 2.75) is 0 Å². The first-order valence-electron chi connectivity index (χ1n) is 5.83. The molecule has 2 rings (SSSR count). The van der Waals surface area contributed by atoms with Crippen LogP contribution in [-0.4, -0.2) is 48.2 Å². The number of nitrogens with one attached hydrogen (secondary N) is 1. The van der Waals surface area contributed by atoms with Gasteiger partial charge in [0.05, 0.1) is 0 Å². The monoisotopic (exact) mass is 233 g/mol. The molecule has 0 saturated carbocycles. The molecule has 2 N–H and O–H groups in total. The van der Waals surface area contributed by atoms with E-state index in [-0.39, 0.29) is 5.75 Å². The summed E-state index contributed by atoms with van der Waals surface area (Å²) in [5, 5.41) is 11.4. The number of aromatic hydroxyl groups is 1. The molecule has 92 valence electrons. The van der Waals surface area contributed by atoms with Crippen LogP contribution >= 0.6 is 0 Å². The number of hydrogen-bond donors (Lipinski definition) is 2. The van der Waals surface area contributed by atoms with Crippen molar-refractivity contribution in [3.05, 3.63) is 36.4 Å². The van der Waals surface area contributed by atoms with Crippen LogP contribution in [0.5, 0.6) is 5.75 Å². The van der Waals surface area contributed by atoms with Gasteiger partial charge < -0.3 is 15.4 Å². The highest BCUT2D eigenvalue weighted by Gasteiger charge is 2.13. The van der Waals surface area contributed by atoms with E-state index in [2.05, 4.69) is 29.0 Å². The van der Waals surface area contributed by atoms with E-state index in [1.165, 1.54) is 0 Å². The summed E-state index contributed by atoms with van der Waals surface area (Å²) < 4.78 is 0. The van der Waals surface area contributed by atoms with Gasteiger partial charge in [-0.3, -0.25) is 0 Å². The van der Waals surface area contributed by atoms with Gasteiger partial charge in [-0.15, -0.1) is 0 Å². The number of nitrogens with zero attached hydrogens (tertiary/aromatic N) is 2. The lowest BCUT2D eigenvalue weighted by Gasteiger charge is -2.33. The molecular formula is C13H19N3O. The minimum absolute atomic E-state index is 0.279. The first-order valence-corrected chi connectivity index (χ1v) is 5.83. The van der Waals surface area contributed by atoms with Crippen LogP contribution in [0.1, 0.15) is 5.56 Å². The third-order valence-electron chi connectivity index (χ3n) is 3.01. The van der Waals surface area contributed by atoms with Crippen molar-refractivity contribution in [1.82, 2.24) is 15.3 Å². The van der Waals surface area contributed by atoms with Crippen molar-refractivity contribution in [3.63, 3.8) is 0 Å². The second-order valence-corrected chi connectivity index (χ2v) is 4.43. The van der Waals surface area contributed by atoms with E-state index >= 15 is 0 Å². The summed E-state index contributed by atoms with van der Waals surface area (Å²) >= 11 is 0. The molecule has 1 aliphatic heterocycles. The first kappa shape index (κ1) is 12.0. The second-order valence-electron chi connectivity index (χ2n) is 4.43. The van der Waals surface area contributed by atoms with Gasteiger partial charge in [-0.25, -0.2) is 5.01 Å². The smallest absolute Gasteiger partial charge is 0.115 e. The molecule has 0 atom stereocenters. The number of rotatable bonds is 3. The van der Waals surface area contributed by atoms with Gasteiger partial charge in [-0.1, -0.05) is 6.58 Å². The van der Waals surface area contributed by atoms with Gasteiger partial charge in [0.25, 0.3) is 0 Å². The number of likely N-dealkylation sites (N-methyl/N-ethyl adjacent to an activating group) is 1. The van der Waals surface area contributed by atoms with Crippen LogP contribution in [0.2, 0.25) is 0 Å². The molecule has 0 unspecified atom stereocenters. The van der Waals surface area contributed by atoms with Gasteiger partial charge in [0.2, 0.25) is 0 Å². The van der Waals surface area contributed by atoms with Crippen molar-refractivity contribution in [3.8, 4) is 5.75 Å². The molecule has 0 amide bonds. The first-order chi connectivity index (χ1) is 8.15. The Morgan fingerprint density at radius 1 is 1.18 bits per heavy atom. The molecule has 4 heteroatoms. The average molecular weight is 233 g/mol. The van der Waals surface area contributed by atoms with Crippen LogP contribution < -0.4 is 5.43 Å². The van der Waals surface area contributed by atoms with E-state index in [1.54, 1.807) is 12.1 Å². The summed E-state index contributed by atoms with van der Waals surface area (Å²) in [7, 11) is 2.13.